The molecule has 4 nitrogen and oxygen atoms in total. The molecule has 135 valence electrons. The molecule has 0 aliphatic heterocycles. The second-order valence-electron chi connectivity index (χ2n) is 6.20. The standard InChI is InChI=1S/C20H22N2O2.Cu/c23-19-11-5-1-7-15(19)13-21-17-9-3-4-10-18(17)22-14-16-8-2-6-12-20(16)24;/h1-2,5-8,11-14,17-18,21-22H,3-4,9-10H2;/b15-13-,16-14-;/t17-,18-;/m0./s1. The molecule has 0 aromatic rings. The van der Waals surface area contributed by atoms with Crippen LogP contribution in [0.15, 0.2) is 72.2 Å². The van der Waals surface area contributed by atoms with E-state index >= 15 is 0 Å². The fourth-order valence-electron chi connectivity index (χ4n) is 3.12. The molecule has 0 heterocycles. The van der Waals surface area contributed by atoms with Crippen LogP contribution in [0.25, 0.3) is 0 Å². The van der Waals surface area contributed by atoms with Gasteiger partial charge >= 0.3 is 0 Å². The van der Waals surface area contributed by atoms with Crippen molar-refractivity contribution in [1.82, 2.24) is 10.6 Å². The number of allylic oxidation sites excluding steroid dienone is 10. The maximum absolute atomic E-state index is 11.8. The van der Waals surface area contributed by atoms with E-state index in [0.29, 0.717) is 11.1 Å². The molecular formula is C20H22CuN2O2. The largest absolute Gasteiger partial charge is 0.386 e. The minimum Gasteiger partial charge on any atom is -0.386 e. The Hall–Kier alpha value is -2.10. The van der Waals surface area contributed by atoms with E-state index in [1.165, 1.54) is 12.8 Å². The summed E-state index contributed by atoms with van der Waals surface area (Å²) >= 11 is 0. The summed E-state index contributed by atoms with van der Waals surface area (Å²) in [4.78, 5) is 23.6. The Morgan fingerprint density at radius 1 is 0.720 bits per heavy atom. The number of nitrogens with one attached hydrogen (secondary N) is 2. The van der Waals surface area contributed by atoms with Crippen LogP contribution in [-0.4, -0.2) is 23.7 Å². The van der Waals surface area contributed by atoms with Gasteiger partial charge in [-0.25, -0.2) is 0 Å². The normalized spacial score (nSPS) is 28.3. The Labute approximate surface area is 159 Å². The Morgan fingerprint density at radius 3 is 1.52 bits per heavy atom. The van der Waals surface area contributed by atoms with Gasteiger partial charge in [0.15, 0.2) is 11.6 Å². The van der Waals surface area contributed by atoms with Crippen LogP contribution < -0.4 is 10.6 Å². The fourth-order valence-corrected chi connectivity index (χ4v) is 3.12. The van der Waals surface area contributed by atoms with Gasteiger partial charge in [-0.2, -0.15) is 0 Å². The number of hydrogen-bond donors (Lipinski definition) is 2. The molecule has 0 spiro atoms. The summed E-state index contributed by atoms with van der Waals surface area (Å²) in [6.07, 6.45) is 22.1. The van der Waals surface area contributed by atoms with Gasteiger partial charge in [-0.05, 0) is 37.1 Å². The molecule has 0 aromatic carbocycles. The molecule has 5 heteroatoms. The monoisotopic (exact) mass is 385 g/mol. The molecular weight excluding hydrogens is 364 g/mol. The third-order valence-electron chi connectivity index (χ3n) is 4.51. The van der Waals surface area contributed by atoms with Crippen molar-refractivity contribution in [3.63, 3.8) is 0 Å². The smallest absolute Gasteiger partial charge is 0.187 e. The van der Waals surface area contributed by atoms with Gasteiger partial charge in [0.1, 0.15) is 0 Å². The van der Waals surface area contributed by atoms with Gasteiger partial charge < -0.3 is 10.6 Å². The van der Waals surface area contributed by atoms with Crippen LogP contribution in [-0.2, 0) is 26.7 Å². The molecule has 3 aliphatic carbocycles. The molecule has 0 unspecified atom stereocenters. The summed E-state index contributed by atoms with van der Waals surface area (Å²) in [5, 5.41) is 6.79. The Kier molecular flexibility index (Phi) is 7.23. The van der Waals surface area contributed by atoms with Gasteiger partial charge in [-0.15, -0.1) is 0 Å². The van der Waals surface area contributed by atoms with Crippen LogP contribution in [0.3, 0.4) is 0 Å². The molecule has 1 radical (unpaired) electrons. The van der Waals surface area contributed by atoms with Crippen molar-refractivity contribution in [2.45, 2.75) is 37.8 Å². The molecule has 0 saturated heterocycles. The molecule has 0 aromatic heterocycles. The van der Waals surface area contributed by atoms with Gasteiger partial charge in [-0.3, -0.25) is 9.59 Å². The Balaban J connectivity index is 0.00000225. The van der Waals surface area contributed by atoms with Gasteiger partial charge in [0.25, 0.3) is 0 Å². The zero-order valence-corrected chi connectivity index (χ0v) is 14.8. The second kappa shape index (κ2) is 9.40. The molecule has 3 aliphatic rings. The zero-order valence-electron chi connectivity index (χ0n) is 13.9. The van der Waals surface area contributed by atoms with Crippen LogP contribution in [0.5, 0.6) is 0 Å². The van der Waals surface area contributed by atoms with E-state index in [1.807, 2.05) is 36.7 Å². The third kappa shape index (κ3) is 5.18. The first-order chi connectivity index (χ1) is 11.7. The number of rotatable bonds is 4. The third-order valence-corrected chi connectivity index (χ3v) is 4.51. The van der Waals surface area contributed by atoms with E-state index in [1.54, 1.807) is 24.3 Å². The van der Waals surface area contributed by atoms with E-state index in [4.69, 9.17) is 0 Å². The molecule has 0 bridgehead atoms. The molecule has 1 fully saturated rings. The quantitative estimate of drug-likeness (QED) is 0.577. The molecule has 1 saturated carbocycles. The first-order valence-corrected chi connectivity index (χ1v) is 8.44. The number of hydrogen-bond acceptors (Lipinski definition) is 4. The molecule has 2 atom stereocenters. The van der Waals surface area contributed by atoms with Crippen LogP contribution in [0.2, 0.25) is 0 Å². The minimum absolute atomic E-state index is 0. The van der Waals surface area contributed by atoms with Gasteiger partial charge in [0, 0.05) is 52.7 Å². The molecule has 2 N–H and O–H groups in total. The van der Waals surface area contributed by atoms with Crippen molar-refractivity contribution in [2.75, 3.05) is 0 Å². The minimum atomic E-state index is 0. The molecule has 3 rings (SSSR count). The van der Waals surface area contributed by atoms with E-state index in [9.17, 15) is 9.59 Å². The SMILES string of the molecule is O=C1C=CC=C/C1=C/N[C@H]1CCCC[C@@H]1N/C=C1/C=CC=CC1=O.[Cu]. The van der Waals surface area contributed by atoms with E-state index in [0.717, 1.165) is 12.8 Å². The van der Waals surface area contributed by atoms with Crippen molar-refractivity contribution in [3.05, 3.63) is 72.2 Å². The van der Waals surface area contributed by atoms with Gasteiger partial charge in [-0.1, -0.05) is 37.1 Å². The summed E-state index contributed by atoms with van der Waals surface area (Å²) in [6, 6.07) is 0.488. The first kappa shape index (κ1) is 19.2. The summed E-state index contributed by atoms with van der Waals surface area (Å²) < 4.78 is 0. The molecule has 0 amide bonds. The number of ketones is 2. The Bertz CT molecular complexity index is 638. The van der Waals surface area contributed by atoms with Crippen LogP contribution in [0, 0.1) is 0 Å². The van der Waals surface area contributed by atoms with Crippen molar-refractivity contribution >= 4 is 11.6 Å². The average Bonchev–Trinajstić information content (AvgIpc) is 2.61. The zero-order chi connectivity index (χ0) is 16.8. The topological polar surface area (TPSA) is 58.2 Å². The molecule has 25 heavy (non-hydrogen) atoms. The summed E-state index contributed by atoms with van der Waals surface area (Å²) in [7, 11) is 0. The summed E-state index contributed by atoms with van der Waals surface area (Å²) in [5.74, 6) is 0.0503. The van der Waals surface area contributed by atoms with Crippen LogP contribution in [0.4, 0.5) is 0 Å². The maximum Gasteiger partial charge on any atom is 0.187 e. The predicted octanol–water partition coefficient (Wildman–Crippen LogP) is 2.63. The maximum atomic E-state index is 11.8. The van der Waals surface area contributed by atoms with Crippen molar-refractivity contribution < 1.29 is 26.7 Å². The van der Waals surface area contributed by atoms with Gasteiger partial charge in [0.2, 0.25) is 0 Å². The predicted molar refractivity (Wildman–Crippen MR) is 95.1 cm³/mol. The van der Waals surface area contributed by atoms with Crippen LogP contribution in [0.1, 0.15) is 25.7 Å². The van der Waals surface area contributed by atoms with Crippen molar-refractivity contribution in [2.24, 2.45) is 0 Å². The second-order valence-corrected chi connectivity index (χ2v) is 6.20. The van der Waals surface area contributed by atoms with E-state index in [2.05, 4.69) is 10.6 Å². The summed E-state index contributed by atoms with van der Waals surface area (Å²) in [5.41, 5.74) is 1.35. The van der Waals surface area contributed by atoms with E-state index in [-0.39, 0.29) is 40.7 Å². The number of carbonyl (C=O) groups is 2. The van der Waals surface area contributed by atoms with Crippen molar-refractivity contribution in [3.8, 4) is 0 Å². The number of carbonyl (C=O) groups excluding carboxylic acids is 2. The Morgan fingerprint density at radius 2 is 1.12 bits per heavy atom. The summed E-state index contributed by atoms with van der Waals surface area (Å²) in [6.45, 7) is 0. The van der Waals surface area contributed by atoms with Gasteiger partial charge in [0.05, 0.1) is 0 Å². The average molecular weight is 386 g/mol. The fraction of sp³-hybridized carbons (Fsp3) is 0.300. The van der Waals surface area contributed by atoms with E-state index < -0.39 is 0 Å². The van der Waals surface area contributed by atoms with Crippen LogP contribution >= 0.6 is 0 Å². The first-order valence-electron chi connectivity index (χ1n) is 8.44. The van der Waals surface area contributed by atoms with Crippen molar-refractivity contribution in [1.29, 1.82) is 0 Å².